The number of esters is 1. The molecule has 0 spiro atoms. The molecule has 0 radical (unpaired) electrons. The van der Waals surface area contributed by atoms with Crippen LogP contribution in [0.2, 0.25) is 0 Å². The predicted molar refractivity (Wildman–Crippen MR) is 151 cm³/mol. The zero-order valence-corrected chi connectivity index (χ0v) is 23.8. The molecule has 1 aromatic carbocycles. The van der Waals surface area contributed by atoms with Gasteiger partial charge in [-0.25, -0.2) is 13.6 Å². The predicted octanol–water partition coefficient (Wildman–Crippen LogP) is 9.34. The number of carbonyl (C=O) groups is 1. The lowest BCUT2D eigenvalue weighted by molar-refractivity contribution is -0.139. The topological polar surface area (TPSA) is 35.5 Å². The van der Waals surface area contributed by atoms with E-state index < -0.39 is 17.6 Å². The van der Waals surface area contributed by atoms with Crippen LogP contribution in [0.1, 0.15) is 108 Å². The maximum absolute atomic E-state index is 15.2. The molecule has 0 aliphatic heterocycles. The minimum Gasteiger partial charge on any atom is -0.462 e. The van der Waals surface area contributed by atoms with E-state index in [0.717, 1.165) is 43.1 Å². The van der Waals surface area contributed by atoms with E-state index in [9.17, 15) is 4.79 Å². The number of halogens is 2. The maximum Gasteiger partial charge on any atom is 0.333 e. The van der Waals surface area contributed by atoms with Crippen molar-refractivity contribution in [1.82, 2.24) is 0 Å². The summed E-state index contributed by atoms with van der Waals surface area (Å²) in [4.78, 5) is 11.8. The highest BCUT2D eigenvalue weighted by Gasteiger charge is 2.33. The van der Waals surface area contributed by atoms with Crippen molar-refractivity contribution in [3.63, 3.8) is 0 Å². The molecule has 38 heavy (non-hydrogen) atoms. The van der Waals surface area contributed by atoms with Crippen LogP contribution < -0.4 is 0 Å². The Bertz CT molecular complexity index is 907. The normalized spacial score (nSPS) is 25.4. The molecule has 0 N–H and O–H groups in total. The van der Waals surface area contributed by atoms with Crippen LogP contribution >= 0.6 is 0 Å². The fourth-order valence-corrected chi connectivity index (χ4v) is 6.44. The van der Waals surface area contributed by atoms with Crippen molar-refractivity contribution in [2.75, 3.05) is 20.3 Å². The molecule has 2 fully saturated rings. The third kappa shape index (κ3) is 8.76. The fraction of sp³-hybridized carbons (Fsp3) is 0.667. The Balaban J connectivity index is 1.52. The van der Waals surface area contributed by atoms with Gasteiger partial charge < -0.3 is 9.47 Å². The number of methoxy groups -OCH3 is 1. The fourth-order valence-electron chi connectivity index (χ4n) is 6.44. The average Bonchev–Trinajstić information content (AvgIpc) is 2.95. The lowest BCUT2D eigenvalue weighted by atomic mass is 9.68. The monoisotopic (exact) mass is 530 g/mol. The minimum atomic E-state index is -0.746. The van der Waals surface area contributed by atoms with E-state index in [0.29, 0.717) is 18.1 Å². The first-order valence-corrected chi connectivity index (χ1v) is 14.8. The summed E-state index contributed by atoms with van der Waals surface area (Å²) in [6.07, 6.45) is 14.3. The summed E-state index contributed by atoms with van der Waals surface area (Å²) < 4.78 is 40.9. The molecule has 0 heterocycles. The van der Waals surface area contributed by atoms with Crippen LogP contribution in [0.5, 0.6) is 0 Å². The van der Waals surface area contributed by atoms with E-state index in [1.54, 1.807) is 38.3 Å². The summed E-state index contributed by atoms with van der Waals surface area (Å²) in [6, 6.07) is 6.74. The number of unbranched alkanes of at least 4 members (excludes halogenated alkanes) is 2. The molecule has 1 aromatic rings. The van der Waals surface area contributed by atoms with Crippen molar-refractivity contribution < 1.29 is 23.0 Å². The molecular formula is C33H48F2O3. The second kappa shape index (κ2) is 15.5. The number of benzene rings is 1. The van der Waals surface area contributed by atoms with Crippen LogP contribution in [0.25, 0.3) is 5.83 Å². The van der Waals surface area contributed by atoms with E-state index in [1.807, 2.05) is 0 Å². The molecule has 0 aromatic heterocycles. The Kier molecular flexibility index (Phi) is 12.5. The molecule has 5 heteroatoms. The van der Waals surface area contributed by atoms with E-state index in [1.165, 1.54) is 51.4 Å². The van der Waals surface area contributed by atoms with Crippen molar-refractivity contribution in [2.24, 2.45) is 23.7 Å². The molecule has 0 saturated heterocycles. The van der Waals surface area contributed by atoms with E-state index >= 15 is 8.78 Å². The highest BCUT2D eigenvalue weighted by atomic mass is 19.2. The molecule has 2 saturated carbocycles. The van der Waals surface area contributed by atoms with Crippen molar-refractivity contribution in [1.29, 1.82) is 0 Å². The van der Waals surface area contributed by atoms with Gasteiger partial charge in [-0.3, -0.25) is 0 Å². The first kappa shape index (κ1) is 30.5. The Morgan fingerprint density at radius 3 is 2.11 bits per heavy atom. The van der Waals surface area contributed by atoms with Crippen molar-refractivity contribution in [3.8, 4) is 0 Å². The van der Waals surface area contributed by atoms with Gasteiger partial charge in [-0.15, -0.1) is 0 Å². The average molecular weight is 531 g/mol. The van der Waals surface area contributed by atoms with Gasteiger partial charge in [0, 0.05) is 30.1 Å². The number of hydrogen-bond acceptors (Lipinski definition) is 3. The zero-order chi connectivity index (χ0) is 27.5. The van der Waals surface area contributed by atoms with E-state index in [2.05, 4.69) is 13.5 Å². The Morgan fingerprint density at radius 1 is 0.947 bits per heavy atom. The summed E-state index contributed by atoms with van der Waals surface area (Å²) in [6.45, 7) is 7.93. The Labute approximate surface area is 229 Å². The highest BCUT2D eigenvalue weighted by Crippen LogP contribution is 2.45. The molecule has 0 amide bonds. The molecule has 1 unspecified atom stereocenters. The van der Waals surface area contributed by atoms with Gasteiger partial charge >= 0.3 is 5.97 Å². The Hall–Kier alpha value is -2.01. The second-order valence-corrected chi connectivity index (χ2v) is 11.7. The van der Waals surface area contributed by atoms with Crippen molar-refractivity contribution in [3.05, 3.63) is 53.4 Å². The van der Waals surface area contributed by atoms with Gasteiger partial charge in [-0.1, -0.05) is 76.3 Å². The molecule has 2 aliphatic rings. The quantitative estimate of drug-likeness (QED) is 0.145. The smallest absolute Gasteiger partial charge is 0.333 e. The van der Waals surface area contributed by atoms with Gasteiger partial charge in [-0.05, 0) is 68.8 Å². The molecule has 0 bridgehead atoms. The number of allylic oxidation sites excluding steroid dienone is 1. The van der Waals surface area contributed by atoms with Crippen molar-refractivity contribution >= 4 is 11.8 Å². The van der Waals surface area contributed by atoms with Crippen LogP contribution in [0, 0.1) is 23.7 Å². The zero-order valence-electron chi connectivity index (χ0n) is 23.8. The number of hydrogen-bond donors (Lipinski definition) is 0. The van der Waals surface area contributed by atoms with Crippen LogP contribution in [-0.4, -0.2) is 26.3 Å². The largest absolute Gasteiger partial charge is 0.462 e. The molecule has 212 valence electrons. The van der Waals surface area contributed by atoms with E-state index in [-0.39, 0.29) is 24.0 Å². The molecule has 1 atom stereocenters. The first-order valence-electron chi connectivity index (χ1n) is 14.8. The van der Waals surface area contributed by atoms with Crippen molar-refractivity contribution in [2.45, 2.75) is 96.8 Å². The second-order valence-electron chi connectivity index (χ2n) is 11.7. The van der Waals surface area contributed by atoms with Crippen LogP contribution in [-0.2, 0) is 14.3 Å². The highest BCUT2D eigenvalue weighted by molar-refractivity contribution is 5.86. The lowest BCUT2D eigenvalue weighted by Gasteiger charge is -2.37. The summed E-state index contributed by atoms with van der Waals surface area (Å²) >= 11 is 0. The first-order chi connectivity index (χ1) is 18.3. The minimum absolute atomic E-state index is 0.134. The lowest BCUT2D eigenvalue weighted by Crippen LogP contribution is -2.26. The molecule has 2 aliphatic carbocycles. The third-order valence-electron chi connectivity index (χ3n) is 8.88. The van der Waals surface area contributed by atoms with Crippen LogP contribution in [0.3, 0.4) is 0 Å². The summed E-state index contributed by atoms with van der Waals surface area (Å²) in [5.74, 6) is 0.0428. The van der Waals surface area contributed by atoms with Gasteiger partial charge in [-0.2, -0.15) is 0 Å². The third-order valence-corrected chi connectivity index (χ3v) is 8.88. The van der Waals surface area contributed by atoms with Gasteiger partial charge in [0.2, 0.25) is 0 Å². The van der Waals surface area contributed by atoms with Gasteiger partial charge in [0.1, 0.15) is 12.4 Å². The molecular weight excluding hydrogens is 482 g/mol. The Morgan fingerprint density at radius 2 is 1.55 bits per heavy atom. The number of rotatable bonds is 13. The van der Waals surface area contributed by atoms with Crippen LogP contribution in [0.4, 0.5) is 8.78 Å². The summed E-state index contributed by atoms with van der Waals surface area (Å²) in [5.41, 5.74) is 1.43. The number of ether oxygens (including phenoxy) is 2. The summed E-state index contributed by atoms with van der Waals surface area (Å²) in [5, 5.41) is 0. The maximum atomic E-state index is 15.2. The van der Waals surface area contributed by atoms with Gasteiger partial charge in [0.05, 0.1) is 6.61 Å². The van der Waals surface area contributed by atoms with Gasteiger partial charge in [0.25, 0.3) is 0 Å². The molecule has 3 rings (SSSR count). The molecule has 3 nitrogen and oxygen atoms in total. The number of carbonyl (C=O) groups excluding carboxylic acids is 1. The van der Waals surface area contributed by atoms with Gasteiger partial charge in [0.15, 0.2) is 5.83 Å². The van der Waals surface area contributed by atoms with Crippen LogP contribution in [0.15, 0.2) is 42.2 Å². The SMILES string of the molecule is C=C(C)C(=O)OCC(COC)c1ccc(/C(F)=C(\F)C2CCC(C3CCC(CCCCC)CC3)CC2)cc1. The van der Waals surface area contributed by atoms with E-state index in [4.69, 9.17) is 9.47 Å². The summed E-state index contributed by atoms with van der Waals surface area (Å²) in [7, 11) is 1.58. The standard InChI is InChI=1S/C33H48F2O3/c1-5-6-7-8-24-9-11-25(12-10-24)26-13-17-28(18-14-26)31(34)32(35)29-19-15-27(16-20-29)30(21-37-4)22-38-33(36)23(2)3/h15-16,19-20,24-26,28,30H,2,5-14,17-18,21-22H2,1,3-4H3/b32-31+.